The zero-order valence-electron chi connectivity index (χ0n) is 15.5. The minimum absolute atomic E-state index is 0.00189. The van der Waals surface area contributed by atoms with E-state index in [9.17, 15) is 13.2 Å². The first-order valence-electron chi connectivity index (χ1n) is 9.60. The minimum Gasteiger partial charge on any atom is -0.352 e. The predicted molar refractivity (Wildman–Crippen MR) is 103 cm³/mol. The molecule has 0 unspecified atom stereocenters. The lowest BCUT2D eigenvalue weighted by Gasteiger charge is -2.26. The summed E-state index contributed by atoms with van der Waals surface area (Å²) >= 11 is 0. The second kappa shape index (κ2) is 10.6. The Labute approximate surface area is 157 Å². The first kappa shape index (κ1) is 20.9. The van der Waals surface area contributed by atoms with Crippen molar-refractivity contribution in [2.45, 2.75) is 62.8 Å². The molecule has 3 N–H and O–H groups in total. The quantitative estimate of drug-likeness (QED) is 0.609. The van der Waals surface area contributed by atoms with Gasteiger partial charge < -0.3 is 11.1 Å². The number of sulfonamides is 1. The monoisotopic (exact) mass is 381 g/mol. The summed E-state index contributed by atoms with van der Waals surface area (Å²) in [5.74, 6) is 0.00189. The zero-order valence-corrected chi connectivity index (χ0v) is 16.3. The van der Waals surface area contributed by atoms with Crippen LogP contribution in [-0.4, -0.2) is 38.3 Å². The summed E-state index contributed by atoms with van der Waals surface area (Å²) in [5, 5.41) is 2.88. The van der Waals surface area contributed by atoms with E-state index in [1.807, 2.05) is 6.07 Å². The topological polar surface area (TPSA) is 92.5 Å². The number of nitrogens with two attached hydrogens (primary N) is 1. The van der Waals surface area contributed by atoms with E-state index in [1.54, 1.807) is 22.5 Å². The van der Waals surface area contributed by atoms with Crippen LogP contribution in [0.4, 0.5) is 0 Å². The Morgan fingerprint density at radius 3 is 2.54 bits per heavy atom. The Kier molecular flexibility index (Phi) is 8.54. The average Bonchev–Trinajstić information content (AvgIpc) is 2.67. The van der Waals surface area contributed by atoms with Gasteiger partial charge in [-0.05, 0) is 49.9 Å². The summed E-state index contributed by atoms with van der Waals surface area (Å²) in [5.41, 5.74) is 6.25. The smallest absolute Gasteiger partial charge is 0.243 e. The molecule has 0 saturated carbocycles. The predicted octanol–water partition coefficient (Wildman–Crippen LogP) is 2.39. The highest BCUT2D eigenvalue weighted by atomic mass is 32.2. The SMILES string of the molecule is NCCCCCCC(=O)NCc1cccc(S(=O)(=O)N2CCCCC2)c1. The molecule has 0 aliphatic carbocycles. The number of amides is 1. The molecule has 1 amide bonds. The second-order valence-corrected chi connectivity index (χ2v) is 8.78. The number of nitrogens with zero attached hydrogens (tertiary/aromatic N) is 1. The van der Waals surface area contributed by atoms with Gasteiger partial charge in [0.25, 0.3) is 0 Å². The molecule has 1 heterocycles. The Morgan fingerprint density at radius 1 is 1.08 bits per heavy atom. The third-order valence-corrected chi connectivity index (χ3v) is 6.59. The number of benzene rings is 1. The van der Waals surface area contributed by atoms with Crippen LogP contribution in [0.5, 0.6) is 0 Å². The molecule has 1 aromatic carbocycles. The number of unbranched alkanes of at least 4 members (excludes halogenated alkanes) is 3. The van der Waals surface area contributed by atoms with Gasteiger partial charge in [-0.1, -0.05) is 31.4 Å². The van der Waals surface area contributed by atoms with Crippen LogP contribution in [0.15, 0.2) is 29.2 Å². The lowest BCUT2D eigenvalue weighted by Crippen LogP contribution is -2.35. The van der Waals surface area contributed by atoms with Crippen molar-refractivity contribution in [3.05, 3.63) is 29.8 Å². The first-order valence-corrected chi connectivity index (χ1v) is 11.0. The highest BCUT2D eigenvalue weighted by Crippen LogP contribution is 2.21. The molecule has 0 atom stereocenters. The third-order valence-electron chi connectivity index (χ3n) is 4.70. The van der Waals surface area contributed by atoms with Gasteiger partial charge in [-0.25, -0.2) is 8.42 Å². The molecule has 1 aromatic rings. The Morgan fingerprint density at radius 2 is 1.81 bits per heavy atom. The Bertz CT molecular complexity index is 670. The molecule has 1 saturated heterocycles. The zero-order chi connectivity index (χ0) is 18.8. The molecule has 0 radical (unpaired) electrons. The summed E-state index contributed by atoms with van der Waals surface area (Å²) in [6, 6.07) is 6.89. The van der Waals surface area contributed by atoms with Crippen LogP contribution in [0.1, 0.15) is 56.9 Å². The minimum atomic E-state index is -3.44. The Hall–Kier alpha value is -1.44. The van der Waals surface area contributed by atoms with Crippen molar-refractivity contribution in [2.24, 2.45) is 5.73 Å². The molecule has 1 fully saturated rings. The van der Waals surface area contributed by atoms with E-state index in [-0.39, 0.29) is 5.91 Å². The number of carbonyl (C=O) groups excluding carboxylic acids is 1. The van der Waals surface area contributed by atoms with Gasteiger partial charge in [0.05, 0.1) is 4.90 Å². The van der Waals surface area contributed by atoms with E-state index in [4.69, 9.17) is 5.73 Å². The second-order valence-electron chi connectivity index (χ2n) is 6.84. The largest absolute Gasteiger partial charge is 0.352 e. The fourth-order valence-electron chi connectivity index (χ4n) is 3.14. The van der Waals surface area contributed by atoms with Crippen LogP contribution in [0, 0.1) is 0 Å². The lowest BCUT2D eigenvalue weighted by molar-refractivity contribution is -0.121. The number of hydrogen-bond acceptors (Lipinski definition) is 4. The molecular weight excluding hydrogens is 350 g/mol. The molecule has 1 aliphatic heterocycles. The van der Waals surface area contributed by atoms with Crippen molar-refractivity contribution >= 4 is 15.9 Å². The van der Waals surface area contributed by atoms with Crippen molar-refractivity contribution in [1.29, 1.82) is 0 Å². The van der Waals surface area contributed by atoms with E-state index in [1.165, 1.54) is 0 Å². The van der Waals surface area contributed by atoms with Gasteiger partial charge in [0.2, 0.25) is 15.9 Å². The van der Waals surface area contributed by atoms with E-state index >= 15 is 0 Å². The summed E-state index contributed by atoms with van der Waals surface area (Å²) in [7, 11) is -3.44. The van der Waals surface area contributed by atoms with Crippen LogP contribution in [0.25, 0.3) is 0 Å². The van der Waals surface area contributed by atoms with E-state index < -0.39 is 10.0 Å². The maximum atomic E-state index is 12.7. The number of nitrogens with one attached hydrogen (secondary N) is 1. The number of carbonyl (C=O) groups is 1. The Balaban J connectivity index is 1.85. The highest BCUT2D eigenvalue weighted by Gasteiger charge is 2.25. The van der Waals surface area contributed by atoms with Crippen molar-refractivity contribution in [2.75, 3.05) is 19.6 Å². The molecule has 7 heteroatoms. The van der Waals surface area contributed by atoms with E-state index in [0.717, 1.165) is 50.5 Å². The van der Waals surface area contributed by atoms with Crippen LogP contribution < -0.4 is 11.1 Å². The number of hydrogen-bond donors (Lipinski definition) is 2. The van der Waals surface area contributed by atoms with Crippen molar-refractivity contribution in [3.63, 3.8) is 0 Å². The van der Waals surface area contributed by atoms with Gasteiger partial charge in [0.1, 0.15) is 0 Å². The molecule has 0 bridgehead atoms. The fraction of sp³-hybridized carbons (Fsp3) is 0.632. The first-order chi connectivity index (χ1) is 12.5. The van der Waals surface area contributed by atoms with Gasteiger partial charge in [-0.3, -0.25) is 4.79 Å². The lowest BCUT2D eigenvalue weighted by atomic mass is 10.1. The van der Waals surface area contributed by atoms with Crippen LogP contribution in [0.2, 0.25) is 0 Å². The molecule has 1 aliphatic rings. The fourth-order valence-corrected chi connectivity index (χ4v) is 4.73. The maximum Gasteiger partial charge on any atom is 0.243 e. The number of rotatable bonds is 10. The molecule has 2 rings (SSSR count). The van der Waals surface area contributed by atoms with Crippen LogP contribution in [-0.2, 0) is 21.4 Å². The molecule has 26 heavy (non-hydrogen) atoms. The van der Waals surface area contributed by atoms with E-state index in [2.05, 4.69) is 5.32 Å². The van der Waals surface area contributed by atoms with Crippen LogP contribution in [0.3, 0.4) is 0 Å². The summed E-state index contributed by atoms with van der Waals surface area (Å²) in [6.07, 6.45) is 7.34. The molecule has 146 valence electrons. The summed E-state index contributed by atoms with van der Waals surface area (Å²) in [4.78, 5) is 12.2. The van der Waals surface area contributed by atoms with Crippen molar-refractivity contribution in [3.8, 4) is 0 Å². The van der Waals surface area contributed by atoms with Gasteiger partial charge in [0.15, 0.2) is 0 Å². The summed E-state index contributed by atoms with van der Waals surface area (Å²) < 4.78 is 27.0. The molecule has 6 nitrogen and oxygen atoms in total. The van der Waals surface area contributed by atoms with Gasteiger partial charge in [0, 0.05) is 26.1 Å². The average molecular weight is 382 g/mol. The highest BCUT2D eigenvalue weighted by molar-refractivity contribution is 7.89. The maximum absolute atomic E-state index is 12.7. The molecule has 0 spiro atoms. The number of piperidine rings is 1. The normalized spacial score (nSPS) is 15.7. The van der Waals surface area contributed by atoms with Crippen molar-refractivity contribution < 1.29 is 13.2 Å². The molecular formula is C19H31N3O3S. The third kappa shape index (κ3) is 6.37. The van der Waals surface area contributed by atoms with Crippen LogP contribution >= 0.6 is 0 Å². The molecule has 0 aromatic heterocycles. The van der Waals surface area contributed by atoms with Gasteiger partial charge >= 0.3 is 0 Å². The van der Waals surface area contributed by atoms with Crippen molar-refractivity contribution in [1.82, 2.24) is 9.62 Å². The summed E-state index contributed by atoms with van der Waals surface area (Å²) in [6.45, 7) is 2.23. The standard InChI is InChI=1S/C19H31N3O3S/c20-12-5-2-1-4-11-19(23)21-16-17-9-8-10-18(15-17)26(24,25)22-13-6-3-7-14-22/h8-10,15H,1-7,11-14,16,20H2,(H,21,23). The van der Waals surface area contributed by atoms with Gasteiger partial charge in [-0.2, -0.15) is 4.31 Å². The van der Waals surface area contributed by atoms with E-state index in [0.29, 0.717) is 37.5 Å². The van der Waals surface area contributed by atoms with Gasteiger partial charge in [-0.15, -0.1) is 0 Å².